The Morgan fingerprint density at radius 2 is 1.09 bits per heavy atom. The van der Waals surface area contributed by atoms with Crippen molar-refractivity contribution < 1.29 is 9.59 Å². The molecule has 3 aromatic carbocycles. The van der Waals surface area contributed by atoms with Crippen LogP contribution in [-0.2, 0) is 9.59 Å². The lowest BCUT2D eigenvalue weighted by molar-refractivity contribution is -0.138. The second-order valence-corrected chi connectivity index (χ2v) is 17.3. The molecular formula is C49H57N5O2. The molecule has 0 aromatic heterocycles. The zero-order chi connectivity index (χ0) is 38.0. The summed E-state index contributed by atoms with van der Waals surface area (Å²) in [6, 6.07) is 28.1. The minimum atomic E-state index is -0.219. The Balaban J connectivity index is 0.804. The van der Waals surface area contributed by atoms with Crippen LogP contribution < -0.4 is 0 Å². The largest absolute Gasteiger partial charge is 0.334 e. The maximum atomic E-state index is 14.4. The Bertz CT molecular complexity index is 2020. The van der Waals surface area contributed by atoms with Gasteiger partial charge in [0.2, 0.25) is 11.8 Å². The van der Waals surface area contributed by atoms with E-state index in [1.165, 1.54) is 52.7 Å². The Morgan fingerprint density at radius 1 is 0.571 bits per heavy atom. The van der Waals surface area contributed by atoms with Crippen molar-refractivity contribution in [3.8, 4) is 11.1 Å². The number of benzene rings is 3. The fraction of sp³-hybridized carbons (Fsp3) is 0.469. The van der Waals surface area contributed by atoms with Gasteiger partial charge in [-0.1, -0.05) is 92.2 Å². The molecule has 6 aliphatic rings. The summed E-state index contributed by atoms with van der Waals surface area (Å²) in [5.74, 6) is 1.56. The summed E-state index contributed by atoms with van der Waals surface area (Å²) in [6.07, 6.45) is 17.8. The van der Waals surface area contributed by atoms with Crippen LogP contribution in [0, 0.1) is 11.8 Å². The Hall–Kier alpha value is -4.62. The Kier molecular flexibility index (Phi) is 10.9. The molecule has 1 saturated carbocycles. The molecule has 3 aromatic rings. The van der Waals surface area contributed by atoms with Crippen LogP contribution in [0.3, 0.4) is 0 Å². The number of likely N-dealkylation sites (tertiary alicyclic amines) is 3. The van der Waals surface area contributed by atoms with E-state index in [1.54, 1.807) is 0 Å². The third kappa shape index (κ3) is 7.59. The zero-order valence-corrected chi connectivity index (χ0v) is 33.1. The average Bonchev–Trinajstić information content (AvgIpc) is 4.09. The number of nitrogens with zero attached hydrogens (tertiary/aromatic N) is 5. The van der Waals surface area contributed by atoms with Crippen LogP contribution in [0.4, 0.5) is 0 Å². The smallest absolute Gasteiger partial charge is 0.245 e. The van der Waals surface area contributed by atoms with Gasteiger partial charge in [-0.25, -0.2) is 0 Å². The van der Waals surface area contributed by atoms with Crippen molar-refractivity contribution in [2.75, 3.05) is 26.2 Å². The van der Waals surface area contributed by atoms with E-state index >= 15 is 0 Å². The molecule has 0 unspecified atom stereocenters. The van der Waals surface area contributed by atoms with Gasteiger partial charge in [-0.3, -0.25) is 24.5 Å². The second kappa shape index (κ2) is 16.5. The van der Waals surface area contributed by atoms with Crippen molar-refractivity contribution in [1.29, 1.82) is 0 Å². The molecule has 4 fully saturated rings. The van der Waals surface area contributed by atoms with E-state index in [0.717, 1.165) is 113 Å². The SMILES string of the molecule is CC1CCC(C(=O)N2CCC[C@H]2C2=NC=C(c3ccc(-c4ccc(C5=CN=C([C@@H]6CCCN6C(=O)[C@@H](c6ccccc6)N6CCCCC6)C5)cc4)cc3)C2)CC1. The maximum absolute atomic E-state index is 14.4. The van der Waals surface area contributed by atoms with E-state index in [1.807, 2.05) is 18.5 Å². The number of carbonyl (C=O) groups is 2. The van der Waals surface area contributed by atoms with Gasteiger partial charge < -0.3 is 9.80 Å². The first kappa shape index (κ1) is 37.0. The van der Waals surface area contributed by atoms with Crippen molar-refractivity contribution >= 4 is 34.4 Å². The third-order valence-corrected chi connectivity index (χ3v) is 13.7. The molecule has 5 heterocycles. The molecule has 3 saturated heterocycles. The molecule has 1 aliphatic carbocycles. The summed E-state index contributed by atoms with van der Waals surface area (Å²) >= 11 is 0. The first-order chi connectivity index (χ1) is 27.5. The van der Waals surface area contributed by atoms with Crippen LogP contribution in [0.2, 0.25) is 0 Å². The number of hydrogen-bond donors (Lipinski definition) is 0. The fourth-order valence-corrected chi connectivity index (χ4v) is 10.4. The summed E-state index contributed by atoms with van der Waals surface area (Å²) in [5.41, 5.74) is 10.6. The molecule has 2 amide bonds. The molecule has 3 atom stereocenters. The van der Waals surface area contributed by atoms with E-state index in [4.69, 9.17) is 9.98 Å². The maximum Gasteiger partial charge on any atom is 0.245 e. The van der Waals surface area contributed by atoms with Crippen LogP contribution in [0.1, 0.15) is 113 Å². The molecule has 0 spiro atoms. The predicted octanol–water partition coefficient (Wildman–Crippen LogP) is 9.76. The van der Waals surface area contributed by atoms with Gasteiger partial charge in [0.1, 0.15) is 6.04 Å². The number of aliphatic imine (C=N–C) groups is 2. The standard InChI is InChI=1S/C49H57N5O2/c1-34-14-16-40(17-15-34)48(55)53-28-8-12-45(53)43-30-41(32-50-43)37-22-18-35(19-23-37)36-20-24-38(25-21-36)42-31-44(51-33-42)46-13-9-29-54(46)49(56)47(39-10-4-2-5-11-39)52-26-6-3-7-27-52/h2,4-5,10-11,18-25,32-34,40,45-47H,3,6-9,12-17,26-31H2,1H3/t34?,40?,45-,46-,47+/m0/s1. The third-order valence-electron chi connectivity index (χ3n) is 13.7. The van der Waals surface area contributed by atoms with Gasteiger partial charge >= 0.3 is 0 Å². The lowest BCUT2D eigenvalue weighted by Crippen LogP contribution is -2.48. The minimum absolute atomic E-state index is 0.0617. The van der Waals surface area contributed by atoms with E-state index < -0.39 is 0 Å². The van der Waals surface area contributed by atoms with Crippen LogP contribution in [-0.4, -0.2) is 76.2 Å². The zero-order valence-electron chi connectivity index (χ0n) is 33.1. The topological polar surface area (TPSA) is 68.6 Å². The highest BCUT2D eigenvalue weighted by atomic mass is 16.2. The number of amides is 2. The summed E-state index contributed by atoms with van der Waals surface area (Å²) in [7, 11) is 0. The number of allylic oxidation sites excluding steroid dienone is 2. The van der Waals surface area contributed by atoms with E-state index in [0.29, 0.717) is 5.91 Å². The average molecular weight is 748 g/mol. The quantitative estimate of drug-likeness (QED) is 0.219. The molecule has 5 aliphatic heterocycles. The van der Waals surface area contributed by atoms with Crippen molar-refractivity contribution in [3.05, 3.63) is 108 Å². The van der Waals surface area contributed by atoms with Gasteiger partial charge in [-0.15, -0.1) is 0 Å². The molecule has 290 valence electrons. The van der Waals surface area contributed by atoms with E-state index in [-0.39, 0.29) is 30.0 Å². The van der Waals surface area contributed by atoms with Gasteiger partial charge in [0.15, 0.2) is 0 Å². The first-order valence-corrected chi connectivity index (χ1v) is 21.6. The Morgan fingerprint density at radius 3 is 1.66 bits per heavy atom. The monoisotopic (exact) mass is 747 g/mol. The molecule has 0 bridgehead atoms. The van der Waals surface area contributed by atoms with Crippen molar-refractivity contribution in [2.24, 2.45) is 21.8 Å². The van der Waals surface area contributed by atoms with E-state index in [2.05, 4.69) is 94.4 Å². The van der Waals surface area contributed by atoms with Crippen molar-refractivity contribution in [2.45, 2.75) is 109 Å². The normalized spacial score (nSPS) is 26.2. The van der Waals surface area contributed by atoms with Crippen LogP contribution in [0.5, 0.6) is 0 Å². The van der Waals surface area contributed by atoms with Crippen LogP contribution in [0.15, 0.2) is 101 Å². The summed E-state index contributed by atoms with van der Waals surface area (Å²) in [4.78, 5) is 44.5. The lowest BCUT2D eigenvalue weighted by atomic mass is 9.82. The predicted molar refractivity (Wildman–Crippen MR) is 227 cm³/mol. The van der Waals surface area contributed by atoms with Crippen LogP contribution in [0.25, 0.3) is 22.3 Å². The summed E-state index contributed by atoms with van der Waals surface area (Å²) in [5, 5.41) is 0. The number of hydrogen-bond acceptors (Lipinski definition) is 5. The summed E-state index contributed by atoms with van der Waals surface area (Å²) in [6.45, 7) is 5.95. The second-order valence-electron chi connectivity index (χ2n) is 17.3. The molecule has 7 heteroatoms. The molecular weight excluding hydrogens is 691 g/mol. The van der Waals surface area contributed by atoms with Gasteiger partial charge in [-0.2, -0.15) is 0 Å². The molecule has 56 heavy (non-hydrogen) atoms. The number of rotatable bonds is 9. The van der Waals surface area contributed by atoms with Gasteiger partial charge in [0.25, 0.3) is 0 Å². The first-order valence-electron chi connectivity index (χ1n) is 21.6. The molecule has 0 N–H and O–H groups in total. The highest BCUT2D eigenvalue weighted by Crippen LogP contribution is 2.37. The highest BCUT2D eigenvalue weighted by molar-refractivity contribution is 6.04. The highest BCUT2D eigenvalue weighted by Gasteiger charge is 2.40. The molecule has 9 rings (SSSR count). The number of piperidine rings is 1. The fourth-order valence-electron chi connectivity index (χ4n) is 10.4. The van der Waals surface area contributed by atoms with Crippen LogP contribution >= 0.6 is 0 Å². The number of carbonyl (C=O) groups excluding carboxylic acids is 2. The van der Waals surface area contributed by atoms with E-state index in [9.17, 15) is 9.59 Å². The molecule has 7 nitrogen and oxygen atoms in total. The van der Waals surface area contributed by atoms with Crippen molar-refractivity contribution in [1.82, 2.24) is 14.7 Å². The van der Waals surface area contributed by atoms with Gasteiger partial charge in [0, 0.05) is 55.7 Å². The minimum Gasteiger partial charge on any atom is -0.334 e. The Labute approximate surface area is 333 Å². The lowest BCUT2D eigenvalue weighted by Gasteiger charge is -2.37. The van der Waals surface area contributed by atoms with Gasteiger partial charge in [0.05, 0.1) is 12.1 Å². The van der Waals surface area contributed by atoms with Gasteiger partial charge in [-0.05, 0) is 122 Å². The molecule has 0 radical (unpaired) electrons. The summed E-state index contributed by atoms with van der Waals surface area (Å²) < 4.78 is 0. The van der Waals surface area contributed by atoms with Crippen molar-refractivity contribution in [3.63, 3.8) is 0 Å².